The summed E-state index contributed by atoms with van der Waals surface area (Å²) in [7, 11) is -3.86. The van der Waals surface area contributed by atoms with Gasteiger partial charge < -0.3 is 4.74 Å². The molecule has 0 aliphatic rings. The highest BCUT2D eigenvalue weighted by Gasteiger charge is 2.03. The Hall–Kier alpha value is -0.880. The number of esters is 1. The number of hydrogen-bond donors (Lipinski definition) is 1. The van der Waals surface area contributed by atoms with Crippen LogP contribution in [0.1, 0.15) is 26.2 Å². The van der Waals surface area contributed by atoms with Gasteiger partial charge in [0.25, 0.3) is 10.1 Å². The summed E-state index contributed by atoms with van der Waals surface area (Å²) in [5.74, 6) is -0.636. The molecule has 1 N–H and O–H groups in total. The molecular formula is C9H16O5S. The average Bonchev–Trinajstić information content (AvgIpc) is 2.09. The van der Waals surface area contributed by atoms with Crippen molar-refractivity contribution in [3.8, 4) is 0 Å². The van der Waals surface area contributed by atoms with E-state index in [1.54, 1.807) is 13.0 Å². The molecule has 0 atom stereocenters. The molecule has 0 saturated carbocycles. The van der Waals surface area contributed by atoms with Crippen LogP contribution in [0.3, 0.4) is 0 Å². The highest BCUT2D eigenvalue weighted by molar-refractivity contribution is 7.85. The van der Waals surface area contributed by atoms with Crippen LogP contribution >= 0.6 is 0 Å². The Morgan fingerprint density at radius 3 is 2.53 bits per heavy atom. The minimum absolute atomic E-state index is 0.240. The zero-order valence-corrected chi connectivity index (χ0v) is 9.50. The molecule has 0 aromatic rings. The van der Waals surface area contributed by atoms with Crippen LogP contribution in [0.4, 0.5) is 0 Å². The van der Waals surface area contributed by atoms with E-state index in [0.29, 0.717) is 19.3 Å². The van der Waals surface area contributed by atoms with E-state index in [9.17, 15) is 13.2 Å². The quantitative estimate of drug-likeness (QED) is 0.310. The lowest BCUT2D eigenvalue weighted by atomic mass is 10.3. The molecule has 0 unspecified atom stereocenters. The first-order valence-corrected chi connectivity index (χ1v) is 6.31. The van der Waals surface area contributed by atoms with Gasteiger partial charge in [0, 0.05) is 6.08 Å². The predicted octanol–water partition coefficient (Wildman–Crippen LogP) is 1.16. The van der Waals surface area contributed by atoms with Crippen molar-refractivity contribution in [3.05, 3.63) is 12.2 Å². The van der Waals surface area contributed by atoms with E-state index < -0.39 is 16.1 Å². The maximum atomic E-state index is 10.8. The predicted molar refractivity (Wildman–Crippen MR) is 56.0 cm³/mol. The maximum Gasteiger partial charge on any atom is 0.330 e. The summed E-state index contributed by atoms with van der Waals surface area (Å²) in [6.07, 6.45) is 4.47. The monoisotopic (exact) mass is 236 g/mol. The highest BCUT2D eigenvalue weighted by atomic mass is 32.2. The fourth-order valence-electron chi connectivity index (χ4n) is 0.920. The summed E-state index contributed by atoms with van der Waals surface area (Å²) >= 11 is 0. The van der Waals surface area contributed by atoms with Gasteiger partial charge in [-0.05, 0) is 26.2 Å². The van der Waals surface area contributed by atoms with E-state index >= 15 is 0 Å². The molecule has 15 heavy (non-hydrogen) atoms. The van der Waals surface area contributed by atoms with Gasteiger partial charge in [-0.15, -0.1) is 0 Å². The van der Waals surface area contributed by atoms with Crippen molar-refractivity contribution in [2.75, 3.05) is 12.4 Å². The summed E-state index contributed by atoms with van der Waals surface area (Å²) in [5, 5.41) is 0. The Balaban J connectivity index is 3.37. The zero-order valence-electron chi connectivity index (χ0n) is 8.68. The van der Waals surface area contributed by atoms with Crippen LogP contribution in [-0.4, -0.2) is 31.3 Å². The summed E-state index contributed by atoms with van der Waals surface area (Å²) < 4.78 is 33.8. The van der Waals surface area contributed by atoms with Gasteiger partial charge in [0.2, 0.25) is 0 Å². The molecule has 0 aromatic heterocycles. The average molecular weight is 236 g/mol. The number of rotatable bonds is 7. The summed E-state index contributed by atoms with van der Waals surface area (Å²) in [5.41, 5.74) is 0. The summed E-state index contributed by atoms with van der Waals surface area (Å²) in [6.45, 7) is 1.99. The van der Waals surface area contributed by atoms with E-state index in [1.807, 2.05) is 0 Å². The molecule has 0 rings (SSSR count). The Kier molecular flexibility index (Phi) is 6.98. The third-order valence-corrected chi connectivity index (χ3v) is 2.40. The lowest BCUT2D eigenvalue weighted by Gasteiger charge is -2.01. The van der Waals surface area contributed by atoms with Crippen molar-refractivity contribution in [3.63, 3.8) is 0 Å². The molecule has 0 heterocycles. The van der Waals surface area contributed by atoms with Crippen molar-refractivity contribution in [2.24, 2.45) is 0 Å². The van der Waals surface area contributed by atoms with Crippen LogP contribution in [0.2, 0.25) is 0 Å². The molecule has 88 valence electrons. The second-order valence-corrected chi connectivity index (χ2v) is 4.59. The van der Waals surface area contributed by atoms with Gasteiger partial charge in [0.05, 0.1) is 12.4 Å². The van der Waals surface area contributed by atoms with Crippen molar-refractivity contribution < 1.29 is 22.5 Å². The molecule has 0 radical (unpaired) electrons. The number of allylic oxidation sites excluding steroid dienone is 1. The second-order valence-electron chi connectivity index (χ2n) is 3.01. The topological polar surface area (TPSA) is 80.7 Å². The second kappa shape index (κ2) is 7.42. The fraction of sp³-hybridized carbons (Fsp3) is 0.667. The van der Waals surface area contributed by atoms with Gasteiger partial charge >= 0.3 is 5.97 Å². The standard InChI is InChI=1S/C9H16O5S/c1-2-6-9(10)14-7-4-3-5-8-15(11,12)13/h2,6H,3-5,7-8H2,1H3,(H,11,12,13). The van der Waals surface area contributed by atoms with Crippen molar-refractivity contribution in [1.29, 1.82) is 0 Å². The van der Waals surface area contributed by atoms with Crippen LogP contribution in [-0.2, 0) is 19.6 Å². The molecule has 0 fully saturated rings. The first kappa shape index (κ1) is 14.1. The fourth-order valence-corrected chi connectivity index (χ4v) is 1.49. The van der Waals surface area contributed by atoms with Crippen LogP contribution in [0, 0.1) is 0 Å². The lowest BCUT2D eigenvalue weighted by Crippen LogP contribution is -2.05. The molecule has 0 aliphatic carbocycles. The van der Waals surface area contributed by atoms with Crippen LogP contribution in [0.5, 0.6) is 0 Å². The number of hydrogen-bond acceptors (Lipinski definition) is 4. The minimum Gasteiger partial charge on any atom is -0.463 e. The minimum atomic E-state index is -3.86. The Bertz CT molecular complexity index is 304. The molecule has 0 amide bonds. The van der Waals surface area contributed by atoms with Gasteiger partial charge in [0.15, 0.2) is 0 Å². The Labute approximate surface area is 89.9 Å². The van der Waals surface area contributed by atoms with Crippen molar-refractivity contribution in [2.45, 2.75) is 26.2 Å². The molecule has 5 nitrogen and oxygen atoms in total. The molecule has 0 aliphatic heterocycles. The molecule has 0 aromatic carbocycles. The largest absolute Gasteiger partial charge is 0.463 e. The third-order valence-electron chi connectivity index (χ3n) is 1.59. The summed E-state index contributed by atoms with van der Waals surface area (Å²) in [4.78, 5) is 10.8. The number of ether oxygens (including phenoxy) is 1. The van der Waals surface area contributed by atoms with E-state index in [4.69, 9.17) is 9.29 Å². The maximum absolute atomic E-state index is 10.8. The van der Waals surface area contributed by atoms with Gasteiger partial charge in [-0.2, -0.15) is 8.42 Å². The normalized spacial score (nSPS) is 11.9. The molecule has 0 bridgehead atoms. The third kappa shape index (κ3) is 11.0. The molecule has 0 spiro atoms. The molecule has 6 heteroatoms. The number of carbonyl (C=O) groups excluding carboxylic acids is 1. The highest BCUT2D eigenvalue weighted by Crippen LogP contribution is 1.99. The van der Waals surface area contributed by atoms with E-state index in [1.165, 1.54) is 6.08 Å². The number of carbonyl (C=O) groups is 1. The van der Waals surface area contributed by atoms with Gasteiger partial charge in [-0.3, -0.25) is 4.55 Å². The zero-order chi connectivity index (χ0) is 11.7. The van der Waals surface area contributed by atoms with Gasteiger partial charge in [-0.1, -0.05) is 6.08 Å². The smallest absolute Gasteiger partial charge is 0.330 e. The van der Waals surface area contributed by atoms with Gasteiger partial charge in [0.1, 0.15) is 0 Å². The SMILES string of the molecule is CC=CC(=O)OCCCCCS(=O)(=O)O. The first-order valence-electron chi connectivity index (χ1n) is 4.70. The number of unbranched alkanes of at least 4 members (excludes halogenated alkanes) is 2. The Morgan fingerprint density at radius 1 is 1.33 bits per heavy atom. The van der Waals surface area contributed by atoms with Crippen LogP contribution < -0.4 is 0 Å². The van der Waals surface area contributed by atoms with Crippen LogP contribution in [0.15, 0.2) is 12.2 Å². The van der Waals surface area contributed by atoms with Crippen molar-refractivity contribution in [1.82, 2.24) is 0 Å². The van der Waals surface area contributed by atoms with Gasteiger partial charge in [-0.25, -0.2) is 4.79 Å². The van der Waals surface area contributed by atoms with E-state index in [2.05, 4.69) is 0 Å². The molecular weight excluding hydrogens is 220 g/mol. The molecule has 0 saturated heterocycles. The van der Waals surface area contributed by atoms with Crippen LogP contribution in [0.25, 0.3) is 0 Å². The van der Waals surface area contributed by atoms with E-state index in [-0.39, 0.29) is 12.4 Å². The van der Waals surface area contributed by atoms with Crippen molar-refractivity contribution >= 4 is 16.1 Å². The van der Waals surface area contributed by atoms with E-state index in [0.717, 1.165) is 0 Å². The Morgan fingerprint density at radius 2 is 2.00 bits per heavy atom. The lowest BCUT2D eigenvalue weighted by molar-refractivity contribution is -0.137. The first-order chi connectivity index (χ1) is 6.95. The summed E-state index contributed by atoms with van der Waals surface area (Å²) in [6, 6.07) is 0.